The molecule has 2 aromatic heterocycles. The highest BCUT2D eigenvalue weighted by Gasteiger charge is 2.25. The molecular weight excluding hydrogens is 647 g/mol. The van der Waals surface area contributed by atoms with E-state index in [1.165, 1.54) is 21.5 Å². The van der Waals surface area contributed by atoms with Crippen LogP contribution in [0.25, 0.3) is 60.7 Å². The molecule has 1 atom stereocenters. The first-order valence-electron chi connectivity index (χ1n) is 17.3. The maximum Gasteiger partial charge on any atom is 0.123 e. The zero-order valence-corrected chi connectivity index (χ0v) is 29.4. The van der Waals surface area contributed by atoms with E-state index in [4.69, 9.17) is 18.9 Å². The van der Waals surface area contributed by atoms with Crippen molar-refractivity contribution in [2.24, 2.45) is 0 Å². The smallest absolute Gasteiger partial charge is 0.123 e. The number of aromatic nitrogens is 2. The Balaban J connectivity index is 1.40. The Bertz CT molecular complexity index is 2680. The molecule has 1 N–H and O–H groups in total. The van der Waals surface area contributed by atoms with Crippen LogP contribution in [-0.4, -0.2) is 37.6 Å². The topological polar surface area (TPSA) is 58.8 Å². The fraction of sp³-hybridized carbons (Fsp3) is 0.111. The van der Waals surface area contributed by atoms with Crippen molar-refractivity contribution in [2.45, 2.75) is 6.04 Å². The maximum absolute atomic E-state index is 5.72. The number of nitrogens with one attached hydrogen (secondary N) is 1. The van der Waals surface area contributed by atoms with Crippen LogP contribution in [0.5, 0.6) is 23.0 Å². The largest absolute Gasteiger partial charge is 0.497 e. The molecule has 1 aliphatic heterocycles. The Morgan fingerprint density at radius 3 is 1.58 bits per heavy atom. The van der Waals surface area contributed by atoms with Crippen molar-refractivity contribution in [3.8, 4) is 28.7 Å². The molecule has 256 valence electrons. The molecule has 8 aromatic rings. The lowest BCUT2D eigenvalue weighted by Gasteiger charge is -2.27. The summed E-state index contributed by atoms with van der Waals surface area (Å²) in [5, 5.41) is 8.59. The number of allylic oxidation sites excluding steroid dienone is 2. The summed E-state index contributed by atoms with van der Waals surface area (Å²) in [7, 11) is 6.70. The lowest BCUT2D eigenvalue weighted by atomic mass is 9.98. The van der Waals surface area contributed by atoms with Gasteiger partial charge in [-0.15, -0.1) is 0 Å². The molecule has 52 heavy (non-hydrogen) atoms. The average molecular weight is 684 g/mol. The Hall–Kier alpha value is -6.60. The summed E-state index contributed by atoms with van der Waals surface area (Å²) >= 11 is 0. The van der Waals surface area contributed by atoms with Crippen LogP contribution < -0.4 is 24.3 Å². The van der Waals surface area contributed by atoms with Crippen molar-refractivity contribution in [3.63, 3.8) is 0 Å². The minimum Gasteiger partial charge on any atom is -0.497 e. The van der Waals surface area contributed by atoms with Gasteiger partial charge in [-0.2, -0.15) is 0 Å². The first-order valence-corrected chi connectivity index (χ1v) is 17.3. The summed E-state index contributed by atoms with van der Waals surface area (Å²) in [5.74, 6) is 2.85. The van der Waals surface area contributed by atoms with Gasteiger partial charge >= 0.3 is 0 Å². The molecule has 7 nitrogen and oxygen atoms in total. The zero-order valence-electron chi connectivity index (χ0n) is 29.4. The Labute approximate surface area is 301 Å². The standard InChI is InChI=1S/C45H37N3O4/c1-49-32-20-28(21-33(26-32)50-2)40-24-31(25-41(46-40)29-22-34(51-3)27-35(23-29)52-4)48-43-17-11-9-15-37(43)39-19-18-38-36-14-8-10-16-42(36)47(44(38)45(39)48)30-12-6-5-7-13-30/h5-27,40,46H,1-4H3. The van der Waals surface area contributed by atoms with Gasteiger partial charge < -0.3 is 33.4 Å². The number of rotatable bonds is 8. The predicted molar refractivity (Wildman–Crippen MR) is 211 cm³/mol. The van der Waals surface area contributed by atoms with E-state index >= 15 is 0 Å². The second-order valence-electron chi connectivity index (χ2n) is 12.9. The molecule has 9 rings (SSSR count). The van der Waals surface area contributed by atoms with Gasteiger partial charge in [0.25, 0.3) is 0 Å². The lowest BCUT2D eigenvalue weighted by molar-refractivity contribution is 0.393. The summed E-state index contributed by atoms with van der Waals surface area (Å²) in [5.41, 5.74) is 9.54. The van der Waals surface area contributed by atoms with Gasteiger partial charge in [-0.25, -0.2) is 0 Å². The third-order valence-corrected chi connectivity index (χ3v) is 10.1. The summed E-state index contributed by atoms with van der Waals surface area (Å²) in [4.78, 5) is 0. The van der Waals surface area contributed by atoms with Crippen LogP contribution in [0.1, 0.15) is 17.2 Å². The molecule has 0 bridgehead atoms. The maximum atomic E-state index is 5.72. The van der Waals surface area contributed by atoms with Gasteiger partial charge in [0.2, 0.25) is 0 Å². The van der Waals surface area contributed by atoms with E-state index in [1.807, 2.05) is 24.3 Å². The quantitative estimate of drug-likeness (QED) is 0.173. The molecule has 1 unspecified atom stereocenters. The molecule has 0 amide bonds. The number of ether oxygens (including phenoxy) is 4. The highest BCUT2D eigenvalue weighted by atomic mass is 16.5. The van der Waals surface area contributed by atoms with Crippen LogP contribution >= 0.6 is 0 Å². The van der Waals surface area contributed by atoms with Crippen LogP contribution in [0.3, 0.4) is 0 Å². The zero-order chi connectivity index (χ0) is 35.3. The normalized spacial score (nSPS) is 14.3. The van der Waals surface area contributed by atoms with Crippen molar-refractivity contribution in [1.29, 1.82) is 0 Å². The molecule has 3 heterocycles. The molecule has 1 aliphatic rings. The molecule has 0 saturated heterocycles. The second-order valence-corrected chi connectivity index (χ2v) is 12.9. The van der Waals surface area contributed by atoms with Crippen LogP contribution in [-0.2, 0) is 0 Å². The number of hydrogen-bond donors (Lipinski definition) is 1. The SMILES string of the molecule is COc1cc(OC)cc(C2=CC(n3c4ccccc4c4ccc5c6ccccc6n(-c6ccccc6)c5c43)=CC(c3cc(OC)cc(OC)c3)N2)c1. The summed E-state index contributed by atoms with van der Waals surface area (Å²) in [6.07, 6.45) is 4.51. The number of benzene rings is 6. The minimum atomic E-state index is -0.244. The van der Waals surface area contributed by atoms with Gasteiger partial charge in [0, 0.05) is 56.3 Å². The Morgan fingerprint density at radius 2 is 1.00 bits per heavy atom. The first-order chi connectivity index (χ1) is 25.6. The lowest BCUT2D eigenvalue weighted by Crippen LogP contribution is -2.23. The van der Waals surface area contributed by atoms with E-state index in [0.29, 0.717) is 11.5 Å². The van der Waals surface area contributed by atoms with Gasteiger partial charge in [0.05, 0.1) is 56.5 Å². The van der Waals surface area contributed by atoms with Crippen molar-refractivity contribution >= 4 is 55.0 Å². The third kappa shape index (κ3) is 5.04. The highest BCUT2D eigenvalue weighted by Crippen LogP contribution is 2.43. The predicted octanol–water partition coefficient (Wildman–Crippen LogP) is 10.2. The van der Waals surface area contributed by atoms with Crippen molar-refractivity contribution in [2.75, 3.05) is 28.4 Å². The molecule has 0 fully saturated rings. The van der Waals surface area contributed by atoms with E-state index in [1.54, 1.807) is 28.4 Å². The molecule has 0 saturated carbocycles. The van der Waals surface area contributed by atoms with Gasteiger partial charge in [-0.3, -0.25) is 0 Å². The van der Waals surface area contributed by atoms with Crippen molar-refractivity contribution in [1.82, 2.24) is 14.5 Å². The van der Waals surface area contributed by atoms with Gasteiger partial charge in [0.15, 0.2) is 0 Å². The number of hydrogen-bond acceptors (Lipinski definition) is 5. The number of methoxy groups -OCH3 is 4. The van der Waals surface area contributed by atoms with Crippen LogP contribution in [0.15, 0.2) is 140 Å². The van der Waals surface area contributed by atoms with Crippen molar-refractivity contribution in [3.05, 3.63) is 151 Å². The minimum absolute atomic E-state index is 0.244. The molecular formula is C45H37N3O4. The van der Waals surface area contributed by atoms with Gasteiger partial charge in [-0.05, 0) is 66.2 Å². The number of nitrogens with zero attached hydrogens (tertiary/aromatic N) is 2. The number of dihydropyridines is 1. The average Bonchev–Trinajstić information content (AvgIpc) is 3.73. The fourth-order valence-corrected chi connectivity index (χ4v) is 7.69. The van der Waals surface area contributed by atoms with Crippen LogP contribution in [0.2, 0.25) is 0 Å². The molecule has 6 aromatic carbocycles. The molecule has 7 heteroatoms. The van der Waals surface area contributed by atoms with E-state index < -0.39 is 0 Å². The Kier molecular flexibility index (Phi) is 7.62. The van der Waals surface area contributed by atoms with E-state index in [0.717, 1.165) is 61.8 Å². The Morgan fingerprint density at radius 1 is 0.500 bits per heavy atom. The molecule has 0 radical (unpaired) electrons. The van der Waals surface area contributed by atoms with E-state index in [-0.39, 0.29) is 6.04 Å². The summed E-state index contributed by atoms with van der Waals surface area (Å²) < 4.78 is 27.7. The monoisotopic (exact) mass is 683 g/mol. The number of para-hydroxylation sites is 3. The van der Waals surface area contributed by atoms with Crippen LogP contribution in [0.4, 0.5) is 0 Å². The van der Waals surface area contributed by atoms with Crippen molar-refractivity contribution < 1.29 is 18.9 Å². The van der Waals surface area contributed by atoms with Gasteiger partial charge in [-0.1, -0.05) is 66.7 Å². The van der Waals surface area contributed by atoms with E-state index in [2.05, 4.69) is 130 Å². The third-order valence-electron chi connectivity index (χ3n) is 10.1. The fourth-order valence-electron chi connectivity index (χ4n) is 7.69. The summed E-state index contributed by atoms with van der Waals surface area (Å²) in [6, 6.07) is 44.3. The summed E-state index contributed by atoms with van der Waals surface area (Å²) in [6.45, 7) is 0. The molecule has 0 aliphatic carbocycles. The number of fused-ring (bicyclic) bond motifs is 7. The first kappa shape index (κ1) is 31.4. The second kappa shape index (κ2) is 12.6. The highest BCUT2D eigenvalue weighted by molar-refractivity contribution is 6.24. The van der Waals surface area contributed by atoms with E-state index in [9.17, 15) is 0 Å². The molecule has 0 spiro atoms. The van der Waals surface area contributed by atoms with Crippen LogP contribution in [0, 0.1) is 0 Å². The van der Waals surface area contributed by atoms with Gasteiger partial charge in [0.1, 0.15) is 23.0 Å².